The number of primary amides is 1. The summed E-state index contributed by atoms with van der Waals surface area (Å²) in [7, 11) is 3.08. The number of likely N-dealkylation sites (N-methyl/N-ethyl adjacent to an activating group) is 1. The molecule has 0 unspecified atom stereocenters. The van der Waals surface area contributed by atoms with Crippen molar-refractivity contribution < 1.29 is 14.0 Å². The second-order valence-corrected chi connectivity index (χ2v) is 6.19. The summed E-state index contributed by atoms with van der Waals surface area (Å²) >= 11 is 0. The molecule has 0 bridgehead atoms. The predicted molar refractivity (Wildman–Crippen MR) is 93.8 cm³/mol. The van der Waals surface area contributed by atoms with Gasteiger partial charge in [0.15, 0.2) is 0 Å². The maximum Gasteiger partial charge on any atom is 0.294 e. The van der Waals surface area contributed by atoms with Gasteiger partial charge in [0.25, 0.3) is 11.5 Å². The maximum absolute atomic E-state index is 12.7. The predicted octanol–water partition coefficient (Wildman–Crippen LogP) is 0.467. The second-order valence-electron chi connectivity index (χ2n) is 6.19. The molecule has 136 valence electrons. The standard InChI is InChI=1S/C17H19N5O4/c1-9-5-11(10(2)26-9)13-7-22-6-12(16(24)20(3)8-14(18)23)19-15(22)17(25)21(13)4/h5-7H,8H2,1-4H3,(H2,18,23). The van der Waals surface area contributed by atoms with E-state index in [1.54, 1.807) is 13.2 Å². The molecule has 0 aromatic carbocycles. The van der Waals surface area contributed by atoms with Gasteiger partial charge in [-0.2, -0.15) is 0 Å². The van der Waals surface area contributed by atoms with E-state index in [0.29, 0.717) is 11.5 Å². The fourth-order valence-corrected chi connectivity index (χ4v) is 2.87. The Morgan fingerprint density at radius 3 is 2.58 bits per heavy atom. The highest BCUT2D eigenvalue weighted by atomic mass is 16.3. The first-order valence-electron chi connectivity index (χ1n) is 7.89. The minimum Gasteiger partial charge on any atom is -0.466 e. The van der Waals surface area contributed by atoms with Crippen LogP contribution < -0.4 is 11.3 Å². The van der Waals surface area contributed by atoms with Crippen molar-refractivity contribution >= 4 is 17.5 Å². The number of fused-ring (bicyclic) bond motifs is 1. The normalized spacial score (nSPS) is 11.1. The minimum atomic E-state index is -0.631. The van der Waals surface area contributed by atoms with Crippen molar-refractivity contribution in [1.82, 2.24) is 18.9 Å². The lowest BCUT2D eigenvalue weighted by Crippen LogP contribution is -2.35. The number of amides is 2. The van der Waals surface area contributed by atoms with Crippen molar-refractivity contribution in [1.29, 1.82) is 0 Å². The van der Waals surface area contributed by atoms with Crippen molar-refractivity contribution in [2.45, 2.75) is 13.8 Å². The monoisotopic (exact) mass is 357 g/mol. The van der Waals surface area contributed by atoms with Gasteiger partial charge in [-0.05, 0) is 19.9 Å². The number of furan rings is 1. The summed E-state index contributed by atoms with van der Waals surface area (Å²) in [6, 6.07) is 1.85. The molecule has 3 rings (SSSR count). The molecular weight excluding hydrogens is 338 g/mol. The Labute approximate surface area is 148 Å². The number of carbonyl (C=O) groups excluding carboxylic acids is 2. The molecule has 0 radical (unpaired) electrons. The number of carbonyl (C=O) groups is 2. The van der Waals surface area contributed by atoms with Gasteiger partial charge in [-0.1, -0.05) is 0 Å². The van der Waals surface area contributed by atoms with Gasteiger partial charge in [0, 0.05) is 32.1 Å². The minimum absolute atomic E-state index is 0.0584. The summed E-state index contributed by atoms with van der Waals surface area (Å²) in [4.78, 5) is 41.3. The van der Waals surface area contributed by atoms with Crippen molar-refractivity contribution in [3.05, 3.63) is 46.0 Å². The molecule has 9 heteroatoms. The largest absolute Gasteiger partial charge is 0.466 e. The third kappa shape index (κ3) is 2.87. The Hall–Kier alpha value is -3.36. The van der Waals surface area contributed by atoms with Gasteiger partial charge in [-0.25, -0.2) is 4.98 Å². The van der Waals surface area contributed by atoms with Crippen LogP contribution in [0.4, 0.5) is 0 Å². The molecular formula is C17H19N5O4. The van der Waals surface area contributed by atoms with Gasteiger partial charge in [-0.3, -0.25) is 18.8 Å². The summed E-state index contributed by atoms with van der Waals surface area (Å²) in [5.41, 5.74) is 6.36. The first-order valence-corrected chi connectivity index (χ1v) is 7.89. The topological polar surface area (TPSA) is 116 Å². The van der Waals surface area contributed by atoms with E-state index in [2.05, 4.69) is 4.98 Å². The second kappa shape index (κ2) is 6.17. The quantitative estimate of drug-likeness (QED) is 0.728. The molecule has 0 saturated heterocycles. The number of nitrogens with zero attached hydrogens (tertiary/aromatic N) is 4. The molecule has 0 fully saturated rings. The lowest BCUT2D eigenvalue weighted by molar-refractivity contribution is -0.118. The molecule has 3 aromatic rings. The van der Waals surface area contributed by atoms with Crippen LogP contribution in [0.5, 0.6) is 0 Å². The van der Waals surface area contributed by atoms with Crippen LogP contribution in [0.15, 0.2) is 27.7 Å². The van der Waals surface area contributed by atoms with Gasteiger partial charge < -0.3 is 19.6 Å². The van der Waals surface area contributed by atoms with E-state index in [4.69, 9.17) is 10.2 Å². The van der Waals surface area contributed by atoms with E-state index in [9.17, 15) is 14.4 Å². The van der Waals surface area contributed by atoms with Crippen LogP contribution in [0, 0.1) is 13.8 Å². The van der Waals surface area contributed by atoms with Crippen LogP contribution in [0.3, 0.4) is 0 Å². The Morgan fingerprint density at radius 2 is 2.00 bits per heavy atom. The van der Waals surface area contributed by atoms with Crippen LogP contribution in [0.1, 0.15) is 22.0 Å². The van der Waals surface area contributed by atoms with Gasteiger partial charge in [0.1, 0.15) is 17.2 Å². The molecule has 3 aromatic heterocycles. The maximum atomic E-state index is 12.7. The summed E-state index contributed by atoms with van der Waals surface area (Å²) in [6.07, 6.45) is 3.17. The Balaban J connectivity index is 2.12. The van der Waals surface area contributed by atoms with Crippen LogP contribution in [-0.2, 0) is 11.8 Å². The first-order chi connectivity index (χ1) is 12.2. The summed E-state index contributed by atoms with van der Waals surface area (Å²) in [6.45, 7) is 3.41. The van der Waals surface area contributed by atoms with Crippen LogP contribution >= 0.6 is 0 Å². The third-order valence-electron chi connectivity index (χ3n) is 4.13. The molecule has 0 aliphatic carbocycles. The van der Waals surface area contributed by atoms with Gasteiger partial charge in [-0.15, -0.1) is 0 Å². The average molecular weight is 357 g/mol. The molecule has 9 nitrogen and oxygen atoms in total. The number of hydrogen-bond acceptors (Lipinski definition) is 5. The zero-order chi connectivity index (χ0) is 19.2. The van der Waals surface area contributed by atoms with Crippen LogP contribution in [-0.4, -0.2) is 44.3 Å². The highest BCUT2D eigenvalue weighted by molar-refractivity contribution is 5.95. The van der Waals surface area contributed by atoms with Crippen molar-refractivity contribution in [3.63, 3.8) is 0 Å². The third-order valence-corrected chi connectivity index (χ3v) is 4.13. The molecule has 0 atom stereocenters. The molecule has 0 saturated carbocycles. The van der Waals surface area contributed by atoms with Crippen LogP contribution in [0.2, 0.25) is 0 Å². The fraction of sp³-hybridized carbons (Fsp3) is 0.294. The Morgan fingerprint density at radius 1 is 1.31 bits per heavy atom. The number of nitrogens with two attached hydrogens (primary N) is 1. The molecule has 0 aliphatic heterocycles. The number of hydrogen-bond donors (Lipinski definition) is 1. The molecule has 0 aliphatic rings. The van der Waals surface area contributed by atoms with E-state index < -0.39 is 11.8 Å². The molecule has 2 N–H and O–H groups in total. The zero-order valence-corrected chi connectivity index (χ0v) is 14.9. The highest BCUT2D eigenvalue weighted by Gasteiger charge is 2.20. The zero-order valence-electron chi connectivity index (χ0n) is 14.9. The van der Waals surface area contributed by atoms with Crippen LogP contribution in [0.25, 0.3) is 16.9 Å². The van der Waals surface area contributed by atoms with E-state index in [-0.39, 0.29) is 23.4 Å². The van der Waals surface area contributed by atoms with E-state index >= 15 is 0 Å². The van der Waals surface area contributed by atoms with E-state index in [0.717, 1.165) is 16.2 Å². The van der Waals surface area contributed by atoms with Gasteiger partial charge in [0.2, 0.25) is 11.6 Å². The van der Waals surface area contributed by atoms with Gasteiger partial charge >= 0.3 is 0 Å². The number of aryl methyl sites for hydroxylation is 2. The number of aromatic nitrogens is 3. The van der Waals surface area contributed by atoms with Crippen molar-refractivity contribution in [2.75, 3.05) is 13.6 Å². The first kappa shape index (κ1) is 17.5. The summed E-state index contributed by atoms with van der Waals surface area (Å²) in [5.74, 6) is 0.300. The Kier molecular flexibility index (Phi) is 4.15. The van der Waals surface area contributed by atoms with Gasteiger partial charge in [0.05, 0.1) is 12.2 Å². The molecule has 3 heterocycles. The smallest absolute Gasteiger partial charge is 0.294 e. The lowest BCUT2D eigenvalue weighted by atomic mass is 10.2. The number of imidazole rings is 1. The Bertz CT molecular complexity index is 1090. The summed E-state index contributed by atoms with van der Waals surface area (Å²) < 4.78 is 8.51. The fourth-order valence-electron chi connectivity index (χ4n) is 2.87. The van der Waals surface area contributed by atoms with E-state index in [1.807, 2.05) is 19.9 Å². The lowest BCUT2D eigenvalue weighted by Gasteiger charge is -2.12. The van der Waals surface area contributed by atoms with Crippen molar-refractivity contribution in [2.24, 2.45) is 12.8 Å². The average Bonchev–Trinajstić information content (AvgIpc) is 3.12. The highest BCUT2D eigenvalue weighted by Crippen LogP contribution is 2.25. The van der Waals surface area contributed by atoms with Crippen molar-refractivity contribution in [3.8, 4) is 11.3 Å². The molecule has 2 amide bonds. The number of rotatable bonds is 4. The molecule has 0 spiro atoms. The summed E-state index contributed by atoms with van der Waals surface area (Å²) in [5, 5.41) is 0. The van der Waals surface area contributed by atoms with E-state index in [1.165, 1.54) is 22.2 Å². The SMILES string of the molecule is Cc1cc(-c2cn3cc(C(=O)N(C)CC(N)=O)nc3c(=O)n2C)c(C)o1. The molecule has 26 heavy (non-hydrogen) atoms.